The monoisotopic (exact) mass is 428 g/mol. The van der Waals surface area contributed by atoms with Crippen LogP contribution in [0.25, 0.3) is 16.7 Å². The van der Waals surface area contributed by atoms with Gasteiger partial charge < -0.3 is 10.1 Å². The van der Waals surface area contributed by atoms with Crippen LogP contribution in [0.2, 0.25) is 0 Å². The standard InChI is InChI=1S/C26H28N4O2/c1-5-19-9-11-21(12-10-19)30-28-24-13-18(4)23(15-25(24)29-30)27-26(31)20-7-6-8-22(14-20)32-16-17(2)3/h6-15,17H,5,16H2,1-4H3,(H,27,31). The fourth-order valence-corrected chi connectivity index (χ4v) is 3.37. The molecule has 0 aliphatic rings. The van der Waals surface area contributed by atoms with Crippen molar-refractivity contribution in [2.24, 2.45) is 5.92 Å². The van der Waals surface area contributed by atoms with E-state index in [0.717, 1.165) is 28.7 Å². The van der Waals surface area contributed by atoms with Crippen LogP contribution >= 0.6 is 0 Å². The molecule has 0 atom stereocenters. The first-order chi connectivity index (χ1) is 15.4. The number of rotatable bonds is 7. The van der Waals surface area contributed by atoms with Gasteiger partial charge in [-0.3, -0.25) is 4.79 Å². The molecule has 0 bridgehead atoms. The van der Waals surface area contributed by atoms with Crippen LogP contribution in [-0.2, 0) is 6.42 Å². The van der Waals surface area contributed by atoms with E-state index in [1.54, 1.807) is 16.9 Å². The average molecular weight is 429 g/mol. The van der Waals surface area contributed by atoms with Gasteiger partial charge in [-0.15, -0.1) is 10.2 Å². The first kappa shape index (κ1) is 21.6. The highest BCUT2D eigenvalue weighted by molar-refractivity contribution is 6.05. The van der Waals surface area contributed by atoms with Crippen molar-refractivity contribution in [3.05, 3.63) is 77.4 Å². The molecule has 1 N–H and O–H groups in total. The van der Waals surface area contributed by atoms with E-state index in [2.05, 4.69) is 48.4 Å². The zero-order valence-corrected chi connectivity index (χ0v) is 18.9. The maximum atomic E-state index is 12.9. The number of carbonyl (C=O) groups is 1. The van der Waals surface area contributed by atoms with Crippen molar-refractivity contribution < 1.29 is 9.53 Å². The maximum absolute atomic E-state index is 12.9. The number of hydrogen-bond donors (Lipinski definition) is 1. The summed E-state index contributed by atoms with van der Waals surface area (Å²) in [5.41, 5.74) is 5.86. The van der Waals surface area contributed by atoms with Gasteiger partial charge in [-0.05, 0) is 72.9 Å². The van der Waals surface area contributed by atoms with E-state index in [-0.39, 0.29) is 5.91 Å². The Labute approximate surface area is 188 Å². The van der Waals surface area contributed by atoms with E-state index in [1.165, 1.54) is 5.56 Å². The molecule has 0 unspecified atom stereocenters. The number of benzene rings is 3. The number of carbonyl (C=O) groups excluding carboxylic acids is 1. The highest BCUT2D eigenvalue weighted by Gasteiger charge is 2.13. The minimum Gasteiger partial charge on any atom is -0.493 e. The molecule has 0 radical (unpaired) electrons. The van der Waals surface area contributed by atoms with Crippen molar-refractivity contribution in [1.82, 2.24) is 15.0 Å². The summed E-state index contributed by atoms with van der Waals surface area (Å²) in [6, 6.07) is 19.2. The van der Waals surface area contributed by atoms with Crippen molar-refractivity contribution in [3.8, 4) is 11.4 Å². The third-order valence-electron chi connectivity index (χ3n) is 5.23. The first-order valence-corrected chi connectivity index (χ1v) is 10.9. The molecule has 0 saturated heterocycles. The van der Waals surface area contributed by atoms with Gasteiger partial charge in [0.2, 0.25) is 0 Å². The highest BCUT2D eigenvalue weighted by Crippen LogP contribution is 2.24. The van der Waals surface area contributed by atoms with Crippen molar-refractivity contribution >= 4 is 22.6 Å². The number of aryl methyl sites for hydroxylation is 2. The summed E-state index contributed by atoms with van der Waals surface area (Å²) in [4.78, 5) is 14.5. The number of anilines is 1. The summed E-state index contributed by atoms with van der Waals surface area (Å²) in [6.07, 6.45) is 0.990. The fraction of sp³-hybridized carbons (Fsp3) is 0.269. The summed E-state index contributed by atoms with van der Waals surface area (Å²) in [5.74, 6) is 0.917. The summed E-state index contributed by atoms with van der Waals surface area (Å²) >= 11 is 0. The Morgan fingerprint density at radius 3 is 2.44 bits per heavy atom. The number of fused-ring (bicyclic) bond motifs is 1. The third-order valence-corrected chi connectivity index (χ3v) is 5.23. The Morgan fingerprint density at radius 1 is 1.03 bits per heavy atom. The molecular weight excluding hydrogens is 400 g/mol. The summed E-state index contributed by atoms with van der Waals surface area (Å²) in [5, 5.41) is 12.2. The largest absolute Gasteiger partial charge is 0.493 e. The first-order valence-electron chi connectivity index (χ1n) is 10.9. The fourth-order valence-electron chi connectivity index (χ4n) is 3.37. The molecular formula is C26H28N4O2. The van der Waals surface area contributed by atoms with Gasteiger partial charge >= 0.3 is 0 Å². The minimum absolute atomic E-state index is 0.190. The van der Waals surface area contributed by atoms with Gasteiger partial charge in [0.15, 0.2) is 0 Å². The molecule has 0 saturated carbocycles. The molecule has 6 heteroatoms. The number of nitrogens with one attached hydrogen (secondary N) is 1. The van der Waals surface area contributed by atoms with E-state index in [4.69, 9.17) is 4.74 Å². The maximum Gasteiger partial charge on any atom is 0.255 e. The lowest BCUT2D eigenvalue weighted by atomic mass is 10.1. The molecule has 1 amide bonds. The van der Waals surface area contributed by atoms with Crippen LogP contribution in [0.3, 0.4) is 0 Å². The molecule has 1 aromatic heterocycles. The number of nitrogens with zero attached hydrogens (tertiary/aromatic N) is 3. The summed E-state index contributed by atoms with van der Waals surface area (Å²) in [7, 11) is 0. The number of ether oxygens (including phenoxy) is 1. The predicted octanol–water partition coefficient (Wildman–Crippen LogP) is 5.58. The lowest BCUT2D eigenvalue weighted by Crippen LogP contribution is -2.13. The van der Waals surface area contributed by atoms with Crippen LogP contribution in [0.1, 0.15) is 42.3 Å². The molecule has 0 spiro atoms. The SMILES string of the molecule is CCc1ccc(-n2nc3cc(C)c(NC(=O)c4cccc(OCC(C)C)c4)cc3n2)cc1. The molecule has 4 rings (SSSR count). The Morgan fingerprint density at radius 2 is 1.75 bits per heavy atom. The molecule has 0 aliphatic heterocycles. The van der Waals surface area contributed by atoms with E-state index in [1.807, 2.05) is 43.3 Å². The number of aromatic nitrogens is 3. The van der Waals surface area contributed by atoms with Gasteiger partial charge in [-0.2, -0.15) is 4.80 Å². The van der Waals surface area contributed by atoms with Gasteiger partial charge in [0, 0.05) is 11.3 Å². The van der Waals surface area contributed by atoms with Crippen LogP contribution in [0.15, 0.2) is 60.7 Å². The molecule has 3 aromatic carbocycles. The molecule has 4 aromatic rings. The second-order valence-corrected chi connectivity index (χ2v) is 8.35. The molecule has 0 fully saturated rings. The molecule has 32 heavy (non-hydrogen) atoms. The van der Waals surface area contributed by atoms with E-state index < -0.39 is 0 Å². The quantitative estimate of drug-likeness (QED) is 0.417. The van der Waals surface area contributed by atoms with Gasteiger partial charge in [-0.25, -0.2) is 0 Å². The second-order valence-electron chi connectivity index (χ2n) is 8.35. The predicted molar refractivity (Wildman–Crippen MR) is 128 cm³/mol. The highest BCUT2D eigenvalue weighted by atomic mass is 16.5. The minimum atomic E-state index is -0.190. The Kier molecular flexibility index (Phi) is 6.21. The lowest BCUT2D eigenvalue weighted by Gasteiger charge is -2.11. The zero-order chi connectivity index (χ0) is 22.7. The van der Waals surface area contributed by atoms with E-state index in [9.17, 15) is 4.79 Å². The normalized spacial score (nSPS) is 11.2. The Hall–Kier alpha value is -3.67. The second kappa shape index (κ2) is 9.22. The van der Waals surface area contributed by atoms with Crippen LogP contribution < -0.4 is 10.1 Å². The molecule has 1 heterocycles. The number of amides is 1. The smallest absolute Gasteiger partial charge is 0.255 e. The van der Waals surface area contributed by atoms with Gasteiger partial charge in [-0.1, -0.05) is 39.0 Å². The third kappa shape index (κ3) is 4.80. The van der Waals surface area contributed by atoms with Gasteiger partial charge in [0.1, 0.15) is 16.8 Å². The molecule has 0 aliphatic carbocycles. The van der Waals surface area contributed by atoms with Gasteiger partial charge in [0.25, 0.3) is 5.91 Å². The zero-order valence-electron chi connectivity index (χ0n) is 18.9. The topological polar surface area (TPSA) is 69.0 Å². The van der Waals surface area contributed by atoms with Crippen LogP contribution in [-0.4, -0.2) is 27.5 Å². The Bertz CT molecular complexity index is 1240. The van der Waals surface area contributed by atoms with Crippen molar-refractivity contribution in [2.45, 2.75) is 34.1 Å². The van der Waals surface area contributed by atoms with Crippen molar-refractivity contribution in [2.75, 3.05) is 11.9 Å². The summed E-state index contributed by atoms with van der Waals surface area (Å²) in [6.45, 7) is 8.87. The van der Waals surface area contributed by atoms with Crippen molar-refractivity contribution in [3.63, 3.8) is 0 Å². The van der Waals surface area contributed by atoms with E-state index in [0.29, 0.717) is 29.5 Å². The Balaban J connectivity index is 1.56. The van der Waals surface area contributed by atoms with Gasteiger partial charge in [0.05, 0.1) is 12.3 Å². The lowest BCUT2D eigenvalue weighted by molar-refractivity contribution is 0.102. The number of hydrogen-bond acceptors (Lipinski definition) is 4. The van der Waals surface area contributed by atoms with Crippen LogP contribution in [0.5, 0.6) is 5.75 Å². The molecule has 6 nitrogen and oxygen atoms in total. The average Bonchev–Trinajstić information content (AvgIpc) is 3.20. The van der Waals surface area contributed by atoms with Crippen molar-refractivity contribution in [1.29, 1.82) is 0 Å². The molecule has 164 valence electrons. The van der Waals surface area contributed by atoms with Crippen LogP contribution in [0, 0.1) is 12.8 Å². The summed E-state index contributed by atoms with van der Waals surface area (Å²) < 4.78 is 5.75. The van der Waals surface area contributed by atoms with Crippen LogP contribution in [0.4, 0.5) is 5.69 Å². The van der Waals surface area contributed by atoms with E-state index >= 15 is 0 Å².